The van der Waals surface area contributed by atoms with Crippen molar-refractivity contribution in [3.05, 3.63) is 45.9 Å². The Balaban J connectivity index is 1.75. The topological polar surface area (TPSA) is 41.9 Å². The molecule has 1 aliphatic heterocycles. The molecule has 2 atom stereocenters. The lowest BCUT2D eigenvalue weighted by atomic mass is 9.97. The number of hydrogen-bond acceptors (Lipinski definition) is 4. The maximum absolute atomic E-state index is 15.8. The van der Waals surface area contributed by atoms with Gasteiger partial charge in [-0.2, -0.15) is 27.5 Å². The second-order valence-corrected chi connectivity index (χ2v) is 9.42. The summed E-state index contributed by atoms with van der Waals surface area (Å²) in [6.07, 6.45) is -2.69. The molecule has 3 heterocycles. The van der Waals surface area contributed by atoms with Crippen molar-refractivity contribution in [3.63, 3.8) is 0 Å². The Morgan fingerprint density at radius 1 is 1.00 bits per heavy atom. The lowest BCUT2D eigenvalue weighted by Crippen LogP contribution is -2.37. The molecule has 10 heteroatoms. The van der Waals surface area contributed by atoms with E-state index in [9.17, 15) is 17.6 Å². The highest BCUT2D eigenvalue weighted by Gasteiger charge is 2.39. The predicted molar refractivity (Wildman–Crippen MR) is 115 cm³/mol. The number of alkyl halides is 3. The van der Waals surface area contributed by atoms with Gasteiger partial charge >= 0.3 is 12.3 Å². The lowest BCUT2D eigenvalue weighted by molar-refractivity contribution is -0.137. The van der Waals surface area contributed by atoms with Gasteiger partial charge in [-0.25, -0.2) is 4.39 Å². The summed E-state index contributed by atoms with van der Waals surface area (Å²) in [5.41, 5.74) is -2.53. The van der Waals surface area contributed by atoms with E-state index in [0.717, 1.165) is 19.3 Å². The van der Waals surface area contributed by atoms with Crippen LogP contribution in [0.4, 0.5) is 27.8 Å². The first-order valence-electron chi connectivity index (χ1n) is 10.7. The van der Waals surface area contributed by atoms with E-state index in [1.807, 2.05) is 4.90 Å². The number of piperidine rings is 1. The molecule has 0 amide bonds. The zero-order valence-electron chi connectivity index (χ0n) is 17.9. The van der Waals surface area contributed by atoms with Crippen molar-refractivity contribution in [1.29, 1.82) is 0 Å². The Kier molecular flexibility index (Phi) is 5.23. The van der Waals surface area contributed by atoms with Gasteiger partial charge in [-0.1, -0.05) is 11.6 Å². The number of fused-ring (bicyclic) bond motifs is 3. The van der Waals surface area contributed by atoms with Crippen LogP contribution in [-0.2, 0) is 6.18 Å². The number of aryl methyl sites for hydroxylation is 2. The summed E-state index contributed by atoms with van der Waals surface area (Å²) in [4.78, 5) is 13.4. The molecule has 4 nitrogen and oxygen atoms in total. The first-order valence-corrected chi connectivity index (χ1v) is 11.1. The van der Waals surface area contributed by atoms with Crippen LogP contribution in [0.2, 0.25) is 5.02 Å². The molecule has 0 radical (unpaired) electrons. The summed E-state index contributed by atoms with van der Waals surface area (Å²) in [7, 11) is 0. The van der Waals surface area contributed by atoms with Crippen LogP contribution in [0.15, 0.2) is 12.1 Å². The van der Waals surface area contributed by atoms with Gasteiger partial charge in [0.25, 0.3) is 0 Å². The summed E-state index contributed by atoms with van der Waals surface area (Å²) in [6, 6.07) is 2.59. The molecule has 2 bridgehead atoms. The molecule has 1 aromatic carbocycles. The van der Waals surface area contributed by atoms with Gasteiger partial charge in [0.1, 0.15) is 11.3 Å². The van der Waals surface area contributed by atoms with Gasteiger partial charge in [0.05, 0.1) is 21.8 Å². The third-order valence-corrected chi connectivity index (χ3v) is 6.91. The molecule has 2 fully saturated rings. The third kappa shape index (κ3) is 3.80. The second kappa shape index (κ2) is 7.75. The van der Waals surface area contributed by atoms with E-state index in [2.05, 4.69) is 15.0 Å². The average Bonchev–Trinajstić information content (AvgIpc) is 3.04. The summed E-state index contributed by atoms with van der Waals surface area (Å²) in [5, 5.41) is -0.0960. The molecule has 1 saturated carbocycles. The van der Waals surface area contributed by atoms with Crippen LogP contribution in [-0.4, -0.2) is 28.0 Å². The monoisotopic (exact) mass is 482 g/mol. The molecular weight excluding hydrogens is 463 g/mol. The Labute approximate surface area is 191 Å². The van der Waals surface area contributed by atoms with E-state index >= 15 is 4.39 Å². The Morgan fingerprint density at radius 2 is 1.67 bits per heavy atom. The molecule has 3 aromatic rings. The highest BCUT2D eigenvalue weighted by atomic mass is 35.5. The molecule has 33 heavy (non-hydrogen) atoms. The summed E-state index contributed by atoms with van der Waals surface area (Å²) >= 11 is 6.37. The first kappa shape index (κ1) is 22.3. The van der Waals surface area contributed by atoms with Crippen LogP contribution < -0.4 is 4.90 Å². The van der Waals surface area contributed by atoms with E-state index in [-0.39, 0.29) is 27.5 Å². The first-order chi connectivity index (χ1) is 15.5. The number of benzene rings is 1. The minimum Gasteiger partial charge on any atom is -0.355 e. The number of aromatic nitrogens is 3. The number of anilines is 1. The van der Waals surface area contributed by atoms with Gasteiger partial charge in [-0.15, -0.1) is 0 Å². The van der Waals surface area contributed by atoms with Gasteiger partial charge < -0.3 is 4.90 Å². The number of nitrogens with zero attached hydrogens (tertiary/aromatic N) is 4. The minimum absolute atomic E-state index is 0.112. The minimum atomic E-state index is -4.79. The quantitative estimate of drug-likeness (QED) is 0.309. The molecule has 1 saturated heterocycles. The lowest BCUT2D eigenvalue weighted by Gasteiger charge is -2.33. The molecule has 1 aliphatic carbocycles. The van der Waals surface area contributed by atoms with E-state index < -0.39 is 40.4 Å². The van der Waals surface area contributed by atoms with Gasteiger partial charge in [-0.3, -0.25) is 4.98 Å². The molecule has 2 aromatic heterocycles. The van der Waals surface area contributed by atoms with Crippen LogP contribution in [0, 0.1) is 37.6 Å². The molecular formula is C23H20ClF5N4. The van der Waals surface area contributed by atoms with Crippen molar-refractivity contribution < 1.29 is 22.0 Å². The molecule has 0 spiro atoms. The van der Waals surface area contributed by atoms with Crippen LogP contribution in [0.1, 0.15) is 36.1 Å². The van der Waals surface area contributed by atoms with Crippen molar-refractivity contribution in [1.82, 2.24) is 15.0 Å². The summed E-state index contributed by atoms with van der Waals surface area (Å²) < 4.78 is 71.8. The summed E-state index contributed by atoms with van der Waals surface area (Å²) in [5.74, 6) is -0.0376. The van der Waals surface area contributed by atoms with E-state index in [0.29, 0.717) is 24.9 Å². The third-order valence-electron chi connectivity index (χ3n) is 6.61. The predicted octanol–water partition coefficient (Wildman–Crippen LogP) is 6.50. The molecule has 0 N–H and O–H groups in total. The molecule has 2 aliphatic rings. The van der Waals surface area contributed by atoms with E-state index in [4.69, 9.17) is 11.6 Å². The zero-order valence-corrected chi connectivity index (χ0v) is 18.7. The van der Waals surface area contributed by atoms with Crippen LogP contribution >= 0.6 is 11.6 Å². The number of halogens is 6. The van der Waals surface area contributed by atoms with Gasteiger partial charge in [0, 0.05) is 24.2 Å². The fourth-order valence-electron chi connectivity index (χ4n) is 5.37. The SMILES string of the molecule is Cc1cc(C)c(C(F)(F)F)c(-c2c(Cl)cc3c(N4CC5CCC(C5)C4)nc(F)nc3c2F)n1. The second-order valence-electron chi connectivity index (χ2n) is 9.01. The fourth-order valence-corrected chi connectivity index (χ4v) is 5.65. The van der Waals surface area contributed by atoms with E-state index in [1.165, 1.54) is 26.0 Å². The maximum Gasteiger partial charge on any atom is 0.418 e. The Morgan fingerprint density at radius 3 is 2.30 bits per heavy atom. The number of hydrogen-bond donors (Lipinski definition) is 0. The normalized spacial score (nSPS) is 20.7. The standard InChI is InChI=1S/C23H20ClF5N4/c1-10-5-11(2)30-20(17(10)23(27,28)29)16-15(24)7-14-19(18(16)25)31-22(26)32-21(14)33-8-12-3-4-13(6-12)9-33/h5,7,12-13H,3-4,6,8-9H2,1-2H3. The van der Waals surface area contributed by atoms with Crippen LogP contribution in [0.5, 0.6) is 0 Å². The maximum atomic E-state index is 15.8. The van der Waals surface area contributed by atoms with Crippen molar-refractivity contribution in [2.45, 2.75) is 39.3 Å². The Bertz CT molecular complexity index is 1260. The summed E-state index contributed by atoms with van der Waals surface area (Å²) in [6.45, 7) is 4.09. The largest absolute Gasteiger partial charge is 0.418 e. The number of pyridine rings is 1. The molecule has 174 valence electrons. The number of rotatable bonds is 2. The van der Waals surface area contributed by atoms with Gasteiger partial charge in [0.15, 0.2) is 5.82 Å². The van der Waals surface area contributed by atoms with Crippen LogP contribution in [0.25, 0.3) is 22.2 Å². The zero-order chi connectivity index (χ0) is 23.7. The van der Waals surface area contributed by atoms with Gasteiger partial charge in [-0.05, 0) is 62.6 Å². The molecule has 2 unspecified atom stereocenters. The van der Waals surface area contributed by atoms with Crippen molar-refractivity contribution >= 4 is 28.3 Å². The van der Waals surface area contributed by atoms with Gasteiger partial charge in [0.2, 0.25) is 0 Å². The van der Waals surface area contributed by atoms with Crippen molar-refractivity contribution in [3.8, 4) is 11.3 Å². The smallest absolute Gasteiger partial charge is 0.355 e. The van der Waals surface area contributed by atoms with Crippen molar-refractivity contribution in [2.75, 3.05) is 18.0 Å². The van der Waals surface area contributed by atoms with Crippen molar-refractivity contribution in [2.24, 2.45) is 11.8 Å². The van der Waals surface area contributed by atoms with Crippen LogP contribution in [0.3, 0.4) is 0 Å². The molecule has 5 rings (SSSR count). The highest BCUT2D eigenvalue weighted by molar-refractivity contribution is 6.34. The fraction of sp³-hybridized carbons (Fsp3) is 0.435. The Hall–Kier alpha value is -2.55. The highest BCUT2D eigenvalue weighted by Crippen LogP contribution is 2.45. The average molecular weight is 483 g/mol. The van der Waals surface area contributed by atoms with E-state index in [1.54, 1.807) is 0 Å².